The molecule has 1 unspecified atom stereocenters. The molecule has 0 aromatic heterocycles. The van der Waals surface area contributed by atoms with Crippen LogP contribution in [0.15, 0.2) is 6.07 Å². The number of likely N-dealkylation sites (tertiary alicyclic amines) is 1. The summed E-state index contributed by atoms with van der Waals surface area (Å²) in [6, 6.07) is 1.96. The van der Waals surface area contributed by atoms with Gasteiger partial charge in [0.15, 0.2) is 0 Å². The first kappa shape index (κ1) is 24.7. The van der Waals surface area contributed by atoms with Crippen molar-refractivity contribution in [3.8, 4) is 0 Å². The van der Waals surface area contributed by atoms with E-state index in [9.17, 15) is 13.2 Å². The van der Waals surface area contributed by atoms with Gasteiger partial charge >= 0.3 is 6.03 Å². The molecule has 161 valence electrons. The van der Waals surface area contributed by atoms with Crippen molar-refractivity contribution in [1.82, 2.24) is 9.62 Å². The zero-order valence-corrected chi connectivity index (χ0v) is 22.5. The summed E-state index contributed by atoms with van der Waals surface area (Å²) in [7, 11) is -3.70. The van der Waals surface area contributed by atoms with Crippen molar-refractivity contribution in [2.75, 3.05) is 17.6 Å². The number of nitrogens with one attached hydrogen (secondary N) is 2. The summed E-state index contributed by atoms with van der Waals surface area (Å²) in [5.41, 5.74) is 5.92. The number of piperidine rings is 1. The van der Waals surface area contributed by atoms with Gasteiger partial charge in [-0.2, -0.15) is 0 Å². The predicted molar refractivity (Wildman–Crippen MR) is 122 cm³/mol. The summed E-state index contributed by atoms with van der Waals surface area (Å²) in [4.78, 5) is 14.9. The summed E-state index contributed by atoms with van der Waals surface area (Å²) >= 11 is 0. The van der Waals surface area contributed by atoms with Gasteiger partial charge in [-0.1, -0.05) is 12.5 Å². The third-order valence-corrected chi connectivity index (χ3v) is 8.03. The number of nitrogens with zero attached hydrogens (tertiary/aromatic N) is 1. The van der Waals surface area contributed by atoms with Crippen LogP contribution >= 0.6 is 0 Å². The number of carbonyl (C=O) groups excluding carboxylic acids is 1. The molecule has 8 heteroatoms. The average Bonchev–Trinajstić information content (AvgIpc) is 3.29. The number of anilines is 1. The van der Waals surface area contributed by atoms with Crippen LogP contribution in [0.4, 0.5) is 10.5 Å². The van der Waals surface area contributed by atoms with Crippen LogP contribution in [-0.4, -0.2) is 95.1 Å². The number of amides is 2. The molecule has 1 aromatic rings. The molecule has 0 saturated carbocycles. The minimum atomic E-state index is -3.70. The summed E-state index contributed by atoms with van der Waals surface area (Å²) < 4.78 is 27.8. The first-order chi connectivity index (χ1) is 13.8. The molecule has 1 saturated heterocycles. The number of rotatable bonds is 5. The minimum absolute atomic E-state index is 0. The van der Waals surface area contributed by atoms with E-state index in [-0.39, 0.29) is 63.2 Å². The van der Waals surface area contributed by atoms with Crippen LogP contribution in [0, 0.1) is 0 Å². The Balaban J connectivity index is 0.00000256. The number of sulfonamides is 1. The second-order valence-corrected chi connectivity index (χ2v) is 10.8. The average molecular weight is 459 g/mol. The van der Waals surface area contributed by atoms with Crippen molar-refractivity contribution >= 4 is 73.1 Å². The van der Waals surface area contributed by atoms with Crippen LogP contribution in [0.25, 0.3) is 0 Å². The quantitative estimate of drug-likeness (QED) is 0.665. The Morgan fingerprint density at radius 3 is 2.30 bits per heavy atom. The van der Waals surface area contributed by atoms with Gasteiger partial charge in [0, 0.05) is 69.2 Å². The Morgan fingerprint density at radius 1 is 1.07 bits per heavy atom. The molecule has 2 N–H and O–H groups in total. The van der Waals surface area contributed by atoms with Crippen LogP contribution in [-0.2, 0) is 35.7 Å². The van der Waals surface area contributed by atoms with Gasteiger partial charge in [0.1, 0.15) is 0 Å². The minimum Gasteiger partial charge on any atom is -0.307 e. The predicted octanol–water partition coefficient (Wildman–Crippen LogP) is 3.00. The molecule has 0 bridgehead atoms. The number of hydrogen-bond acceptors (Lipinski definition) is 4. The molecule has 30 heavy (non-hydrogen) atoms. The fourth-order valence-corrected chi connectivity index (χ4v) is 6.71. The van der Waals surface area contributed by atoms with E-state index in [1.807, 2.05) is 0 Å². The van der Waals surface area contributed by atoms with Crippen molar-refractivity contribution in [3.63, 3.8) is 0 Å². The fraction of sp³-hybridized carbons (Fsp3) is 0.682. The van der Waals surface area contributed by atoms with Gasteiger partial charge < -0.3 is 5.32 Å². The van der Waals surface area contributed by atoms with Gasteiger partial charge in [-0.15, -0.1) is 0 Å². The molecule has 1 aliphatic heterocycles. The maximum atomic E-state index is 12.7. The van der Waals surface area contributed by atoms with Gasteiger partial charge in [-0.25, -0.2) is 17.9 Å². The topological polar surface area (TPSA) is 78.5 Å². The van der Waals surface area contributed by atoms with Crippen LogP contribution < -0.4 is 10.0 Å². The number of hydrogen-bond donors (Lipinski definition) is 2. The molecule has 2 aliphatic carbocycles. The third kappa shape index (κ3) is 5.50. The number of carbonyl (C=O) groups is 1. The number of urea groups is 1. The van der Waals surface area contributed by atoms with Gasteiger partial charge in [-0.3, -0.25) is 4.90 Å². The molecule has 1 atom stereocenters. The Bertz CT molecular complexity index is 869. The van der Waals surface area contributed by atoms with E-state index in [0.717, 1.165) is 70.0 Å². The Kier molecular flexibility index (Phi) is 8.48. The zero-order chi connectivity index (χ0) is 20.6. The maximum Gasteiger partial charge on any atom is 0.332 e. The second-order valence-electron chi connectivity index (χ2n) is 9.05. The number of fused-ring (bicyclic) bond motifs is 2. The molecule has 1 aromatic carbocycles. The zero-order valence-electron chi connectivity index (χ0n) is 18.6. The van der Waals surface area contributed by atoms with E-state index in [0.29, 0.717) is 6.04 Å². The molecule has 1 fully saturated rings. The van der Waals surface area contributed by atoms with E-state index in [1.165, 1.54) is 22.3 Å². The Hall–Kier alpha value is 0.0364. The van der Waals surface area contributed by atoms with E-state index in [4.69, 9.17) is 0 Å². The largest absolute Gasteiger partial charge is 0.332 e. The van der Waals surface area contributed by atoms with Gasteiger partial charge in [0.25, 0.3) is 0 Å². The molecular formula is C22H33KN3O3S. The van der Waals surface area contributed by atoms with Crippen molar-refractivity contribution < 1.29 is 13.2 Å². The van der Waals surface area contributed by atoms with Crippen LogP contribution in [0.5, 0.6) is 0 Å². The van der Waals surface area contributed by atoms with Gasteiger partial charge in [-0.05, 0) is 94.0 Å². The SMILES string of the molecule is CC(C)N1CCCCC1CS(=O)(=O)NC(=O)Nc1c2c(cc3c1CCC3)CCC2.[K]. The summed E-state index contributed by atoms with van der Waals surface area (Å²) in [5, 5.41) is 2.93. The third-order valence-electron chi connectivity index (χ3n) is 6.71. The van der Waals surface area contributed by atoms with Crippen molar-refractivity contribution in [2.45, 2.75) is 83.7 Å². The van der Waals surface area contributed by atoms with Crippen molar-refractivity contribution in [3.05, 3.63) is 28.3 Å². The number of aryl methyl sites for hydroxylation is 2. The van der Waals surface area contributed by atoms with Crippen LogP contribution in [0.2, 0.25) is 0 Å². The van der Waals surface area contributed by atoms with Gasteiger partial charge in [0.05, 0.1) is 5.75 Å². The van der Waals surface area contributed by atoms with E-state index >= 15 is 0 Å². The standard InChI is InChI=1S/C22H33N3O3S.K/c1-15(2)25-12-4-3-9-18(25)14-29(27,28)24-22(26)23-21-19-10-5-7-16(19)13-17-8-6-11-20(17)21;/h13,15,18H,3-12,14H2,1-2H3,(H2,23,24,26);. The van der Waals surface area contributed by atoms with Gasteiger partial charge in [0.2, 0.25) is 10.0 Å². The maximum absolute atomic E-state index is 12.7. The first-order valence-electron chi connectivity index (χ1n) is 11.1. The van der Waals surface area contributed by atoms with Crippen molar-refractivity contribution in [2.24, 2.45) is 0 Å². The molecule has 6 nitrogen and oxygen atoms in total. The molecule has 1 radical (unpaired) electrons. The fourth-order valence-electron chi connectivity index (χ4n) is 5.42. The smallest absolute Gasteiger partial charge is 0.307 e. The Labute approximate surface area is 223 Å². The normalized spacial score (nSPS) is 21.1. The van der Waals surface area contributed by atoms with E-state index in [1.54, 1.807) is 0 Å². The molecule has 0 spiro atoms. The molecular weight excluding hydrogens is 425 g/mol. The van der Waals surface area contributed by atoms with Crippen molar-refractivity contribution in [1.29, 1.82) is 0 Å². The molecule has 3 aliphatic rings. The second kappa shape index (κ2) is 10.3. The summed E-state index contributed by atoms with van der Waals surface area (Å²) in [5.74, 6) is -0.0242. The Morgan fingerprint density at radius 2 is 1.70 bits per heavy atom. The first-order valence-corrected chi connectivity index (χ1v) is 12.7. The molecule has 1 heterocycles. The van der Waals surface area contributed by atoms with Crippen LogP contribution in [0.3, 0.4) is 0 Å². The summed E-state index contributed by atoms with van der Waals surface area (Å²) in [6.07, 6.45) is 9.20. The monoisotopic (exact) mass is 458 g/mol. The molecule has 2 amide bonds. The van der Waals surface area contributed by atoms with Crippen LogP contribution in [0.1, 0.15) is 68.2 Å². The molecule has 4 rings (SSSR count). The number of benzene rings is 1. The van der Waals surface area contributed by atoms with E-state index in [2.05, 4.69) is 34.9 Å². The van der Waals surface area contributed by atoms with E-state index < -0.39 is 16.1 Å². The summed E-state index contributed by atoms with van der Waals surface area (Å²) in [6.45, 7) is 5.12.